The number of amides is 1. The summed E-state index contributed by atoms with van der Waals surface area (Å²) in [6.07, 6.45) is 0. The predicted molar refractivity (Wildman–Crippen MR) is 132 cm³/mol. The van der Waals surface area contributed by atoms with Gasteiger partial charge in [0.15, 0.2) is 6.61 Å². The van der Waals surface area contributed by atoms with Crippen LogP contribution < -0.4 is 14.8 Å². The summed E-state index contributed by atoms with van der Waals surface area (Å²) in [6.45, 7) is 5.80. The highest BCUT2D eigenvalue weighted by Gasteiger charge is 2.16. The highest BCUT2D eigenvalue weighted by atomic mass is 32.2. The van der Waals surface area contributed by atoms with Crippen molar-refractivity contribution in [1.82, 2.24) is 4.72 Å². The van der Waals surface area contributed by atoms with Gasteiger partial charge in [0.05, 0.1) is 10.6 Å². The van der Waals surface area contributed by atoms with Gasteiger partial charge in [-0.3, -0.25) is 4.79 Å². The number of aryl methyl sites for hydroxylation is 1. The maximum absolute atomic E-state index is 12.5. The van der Waals surface area contributed by atoms with Gasteiger partial charge in [-0.2, -0.15) is 0 Å². The zero-order valence-corrected chi connectivity index (χ0v) is 20.5. The van der Waals surface area contributed by atoms with Crippen LogP contribution in [-0.2, 0) is 14.8 Å². The predicted octanol–water partition coefficient (Wildman–Crippen LogP) is 5.10. The van der Waals surface area contributed by atoms with Gasteiger partial charge in [-0.15, -0.1) is 0 Å². The number of benzene rings is 3. The van der Waals surface area contributed by atoms with E-state index in [1.807, 2.05) is 68.4 Å². The summed E-state index contributed by atoms with van der Waals surface area (Å²) in [5, 5.41) is 2.89. The van der Waals surface area contributed by atoms with Gasteiger partial charge in [-0.05, 0) is 60.9 Å². The molecule has 0 radical (unpaired) electrons. The molecule has 3 rings (SSSR count). The van der Waals surface area contributed by atoms with Gasteiger partial charge in [-0.1, -0.05) is 55.9 Å². The molecule has 0 heterocycles. The minimum Gasteiger partial charge on any atom is -0.483 e. The van der Waals surface area contributed by atoms with E-state index in [9.17, 15) is 13.2 Å². The number of sulfonamides is 1. The normalized spacial score (nSPS) is 11.4. The molecule has 0 aliphatic rings. The summed E-state index contributed by atoms with van der Waals surface area (Å²) in [7, 11) is -3.58. The molecule has 0 atom stereocenters. The maximum Gasteiger partial charge on any atom is 0.262 e. The smallest absolute Gasteiger partial charge is 0.262 e. The first-order valence-corrected chi connectivity index (χ1v) is 12.9. The lowest BCUT2D eigenvalue weighted by atomic mass is 10.2. The largest absolute Gasteiger partial charge is 0.483 e. The molecule has 0 aliphatic carbocycles. The second-order valence-electron chi connectivity index (χ2n) is 7.92. The number of para-hydroxylation sites is 1. The fraction of sp³-hybridized carbons (Fsp3) is 0.240. The van der Waals surface area contributed by atoms with E-state index in [0.29, 0.717) is 23.5 Å². The van der Waals surface area contributed by atoms with Crippen molar-refractivity contribution in [2.45, 2.75) is 35.5 Å². The van der Waals surface area contributed by atoms with Crippen LogP contribution in [0.25, 0.3) is 0 Å². The Morgan fingerprint density at radius 1 is 1.00 bits per heavy atom. The Hall–Kier alpha value is -2.81. The number of nitrogens with one attached hydrogen (secondary N) is 2. The van der Waals surface area contributed by atoms with Crippen LogP contribution in [-0.4, -0.2) is 27.5 Å². The van der Waals surface area contributed by atoms with Crippen molar-refractivity contribution >= 4 is 33.4 Å². The summed E-state index contributed by atoms with van der Waals surface area (Å²) in [6, 6.07) is 22.1. The molecular weight excluding hydrogens is 456 g/mol. The number of carbonyl (C=O) groups is 1. The number of ether oxygens (including phenoxy) is 1. The van der Waals surface area contributed by atoms with Gasteiger partial charge in [0.25, 0.3) is 5.91 Å². The van der Waals surface area contributed by atoms with Crippen LogP contribution in [0.3, 0.4) is 0 Å². The van der Waals surface area contributed by atoms with Crippen LogP contribution >= 0.6 is 11.8 Å². The number of hydrogen-bond acceptors (Lipinski definition) is 5. The third-order valence-electron chi connectivity index (χ3n) is 4.63. The van der Waals surface area contributed by atoms with Crippen molar-refractivity contribution in [1.29, 1.82) is 0 Å². The molecule has 0 bridgehead atoms. The van der Waals surface area contributed by atoms with Crippen molar-refractivity contribution in [2.24, 2.45) is 5.92 Å². The number of carbonyl (C=O) groups excluding carboxylic acids is 1. The van der Waals surface area contributed by atoms with E-state index >= 15 is 0 Å². The fourth-order valence-electron chi connectivity index (χ4n) is 2.91. The lowest BCUT2D eigenvalue weighted by molar-refractivity contribution is -0.118. The van der Waals surface area contributed by atoms with E-state index in [2.05, 4.69) is 10.0 Å². The molecule has 2 N–H and O–H groups in total. The van der Waals surface area contributed by atoms with Crippen molar-refractivity contribution in [3.05, 3.63) is 78.4 Å². The summed E-state index contributed by atoms with van der Waals surface area (Å²) in [5.41, 5.74) is 1.34. The van der Waals surface area contributed by atoms with E-state index < -0.39 is 10.0 Å². The van der Waals surface area contributed by atoms with Gasteiger partial charge in [0.2, 0.25) is 10.0 Å². The zero-order chi connectivity index (χ0) is 23.8. The molecule has 0 fully saturated rings. The molecule has 0 unspecified atom stereocenters. The fourth-order valence-corrected chi connectivity index (χ4v) is 5.14. The molecule has 0 saturated carbocycles. The standard InChI is InChI=1S/C25H28N2O4S2/c1-18(2)16-26-33(29,30)21-13-14-23(19(3)15-21)31-17-25(28)27-22-11-7-8-12-24(22)32-20-9-5-4-6-10-20/h4-15,18,26H,16-17H2,1-3H3,(H,27,28). The second kappa shape index (κ2) is 11.4. The van der Waals surface area contributed by atoms with Gasteiger partial charge in [0.1, 0.15) is 5.75 Å². The van der Waals surface area contributed by atoms with Crippen LogP contribution in [0.2, 0.25) is 0 Å². The van der Waals surface area contributed by atoms with Crippen molar-refractivity contribution < 1.29 is 17.9 Å². The Bertz CT molecular complexity index is 1200. The highest BCUT2D eigenvalue weighted by Crippen LogP contribution is 2.33. The summed E-state index contributed by atoms with van der Waals surface area (Å²) in [4.78, 5) is 14.7. The average molecular weight is 485 g/mol. The van der Waals surface area contributed by atoms with E-state index in [1.54, 1.807) is 30.8 Å². The Labute approximate surface area is 199 Å². The van der Waals surface area contributed by atoms with Crippen LogP contribution in [0, 0.1) is 12.8 Å². The van der Waals surface area contributed by atoms with Gasteiger partial charge >= 0.3 is 0 Å². The lowest BCUT2D eigenvalue weighted by Crippen LogP contribution is -2.27. The topological polar surface area (TPSA) is 84.5 Å². The van der Waals surface area contributed by atoms with Gasteiger partial charge in [0, 0.05) is 16.3 Å². The first-order valence-electron chi connectivity index (χ1n) is 10.6. The van der Waals surface area contributed by atoms with Crippen molar-refractivity contribution in [2.75, 3.05) is 18.5 Å². The Balaban J connectivity index is 1.62. The van der Waals surface area contributed by atoms with E-state index in [-0.39, 0.29) is 23.3 Å². The Morgan fingerprint density at radius 2 is 1.70 bits per heavy atom. The Kier molecular flexibility index (Phi) is 8.55. The first kappa shape index (κ1) is 24.8. The molecule has 6 nitrogen and oxygen atoms in total. The quantitative estimate of drug-likeness (QED) is 0.418. The Morgan fingerprint density at radius 3 is 2.39 bits per heavy atom. The molecule has 0 spiro atoms. The first-order chi connectivity index (χ1) is 15.7. The van der Waals surface area contributed by atoms with Crippen LogP contribution in [0.4, 0.5) is 5.69 Å². The van der Waals surface area contributed by atoms with Crippen LogP contribution in [0.1, 0.15) is 19.4 Å². The maximum atomic E-state index is 12.5. The monoisotopic (exact) mass is 484 g/mol. The van der Waals surface area contributed by atoms with Gasteiger partial charge < -0.3 is 10.1 Å². The highest BCUT2D eigenvalue weighted by molar-refractivity contribution is 7.99. The number of anilines is 1. The lowest BCUT2D eigenvalue weighted by Gasteiger charge is -2.14. The molecular formula is C25H28N2O4S2. The minimum atomic E-state index is -3.58. The molecule has 1 amide bonds. The molecule has 174 valence electrons. The van der Waals surface area contributed by atoms with E-state index in [0.717, 1.165) is 9.79 Å². The van der Waals surface area contributed by atoms with Crippen molar-refractivity contribution in [3.63, 3.8) is 0 Å². The number of rotatable bonds is 10. The van der Waals surface area contributed by atoms with Gasteiger partial charge in [-0.25, -0.2) is 13.1 Å². The molecule has 3 aromatic rings. The van der Waals surface area contributed by atoms with Crippen LogP contribution in [0.15, 0.2) is 87.5 Å². The van der Waals surface area contributed by atoms with E-state index in [4.69, 9.17) is 4.74 Å². The SMILES string of the molecule is Cc1cc(S(=O)(=O)NCC(C)C)ccc1OCC(=O)Nc1ccccc1Sc1ccccc1. The summed E-state index contributed by atoms with van der Waals surface area (Å²) < 4.78 is 33.1. The molecule has 8 heteroatoms. The summed E-state index contributed by atoms with van der Waals surface area (Å²) >= 11 is 1.56. The van der Waals surface area contributed by atoms with Crippen molar-refractivity contribution in [3.8, 4) is 5.75 Å². The zero-order valence-electron chi connectivity index (χ0n) is 18.9. The van der Waals surface area contributed by atoms with Crippen LogP contribution in [0.5, 0.6) is 5.75 Å². The van der Waals surface area contributed by atoms with E-state index in [1.165, 1.54) is 6.07 Å². The third kappa shape index (κ3) is 7.35. The minimum absolute atomic E-state index is 0.171. The molecule has 0 saturated heterocycles. The molecule has 0 aromatic heterocycles. The summed E-state index contributed by atoms with van der Waals surface area (Å²) in [5.74, 6) is 0.365. The average Bonchev–Trinajstić information content (AvgIpc) is 2.79. The molecule has 0 aliphatic heterocycles. The second-order valence-corrected chi connectivity index (χ2v) is 10.8. The molecule has 33 heavy (non-hydrogen) atoms. The number of hydrogen-bond donors (Lipinski definition) is 2. The molecule has 3 aromatic carbocycles. The third-order valence-corrected chi connectivity index (χ3v) is 7.13.